The number of piperidine rings is 1. The molecular formula is C22H25N5. The maximum Gasteiger partial charge on any atom is 0.103 e. The predicted molar refractivity (Wildman–Crippen MR) is 109 cm³/mol. The standard InChI is InChI=1S/C22H25N5/c1-17-8-6-9-18(2)27(17)24-15-20-16-26(21-11-4-3-5-12-21)25-22(20)19-10-7-13-23-14-19/h3-5,7,10-18H,6,8-9H2,1-2H3/b24-15-/t17-,18+. The van der Waals surface area contributed by atoms with Gasteiger partial charge < -0.3 is 0 Å². The fourth-order valence-corrected chi connectivity index (χ4v) is 3.69. The summed E-state index contributed by atoms with van der Waals surface area (Å²) < 4.78 is 1.91. The fourth-order valence-electron chi connectivity index (χ4n) is 3.69. The molecule has 1 fully saturated rings. The normalized spacial score (nSPS) is 20.3. The molecule has 0 spiro atoms. The van der Waals surface area contributed by atoms with Crippen LogP contribution < -0.4 is 0 Å². The first-order valence-corrected chi connectivity index (χ1v) is 9.60. The van der Waals surface area contributed by atoms with Crippen LogP contribution in [0.15, 0.2) is 66.2 Å². The summed E-state index contributed by atoms with van der Waals surface area (Å²) in [5, 5.41) is 11.9. The van der Waals surface area contributed by atoms with E-state index in [1.165, 1.54) is 19.3 Å². The van der Waals surface area contributed by atoms with Gasteiger partial charge in [-0.25, -0.2) is 4.68 Å². The lowest BCUT2D eigenvalue weighted by Gasteiger charge is -2.36. The van der Waals surface area contributed by atoms with Crippen LogP contribution in [-0.2, 0) is 0 Å². The van der Waals surface area contributed by atoms with Crippen LogP contribution in [0.5, 0.6) is 0 Å². The molecule has 138 valence electrons. The molecule has 5 heteroatoms. The third kappa shape index (κ3) is 3.77. The number of benzene rings is 1. The second-order valence-corrected chi connectivity index (χ2v) is 7.21. The van der Waals surface area contributed by atoms with Crippen molar-refractivity contribution in [1.82, 2.24) is 19.8 Å². The number of pyridine rings is 1. The highest BCUT2D eigenvalue weighted by molar-refractivity contribution is 5.88. The molecule has 1 aromatic carbocycles. The van der Waals surface area contributed by atoms with Crippen LogP contribution in [-0.4, -0.2) is 38.1 Å². The highest BCUT2D eigenvalue weighted by atomic mass is 15.5. The Kier molecular flexibility index (Phi) is 5.01. The summed E-state index contributed by atoms with van der Waals surface area (Å²) in [5.74, 6) is 0. The summed E-state index contributed by atoms with van der Waals surface area (Å²) in [5.41, 5.74) is 3.92. The first-order valence-electron chi connectivity index (χ1n) is 9.60. The molecule has 2 atom stereocenters. The lowest BCUT2D eigenvalue weighted by Crippen LogP contribution is -2.39. The molecule has 5 nitrogen and oxygen atoms in total. The maximum absolute atomic E-state index is 4.84. The number of hydrogen-bond donors (Lipinski definition) is 0. The number of rotatable bonds is 4. The van der Waals surface area contributed by atoms with E-state index in [2.05, 4.69) is 36.0 Å². The first kappa shape index (κ1) is 17.5. The summed E-state index contributed by atoms with van der Waals surface area (Å²) in [7, 11) is 0. The zero-order chi connectivity index (χ0) is 18.6. The zero-order valence-corrected chi connectivity index (χ0v) is 15.9. The van der Waals surface area contributed by atoms with Crippen LogP contribution in [0.2, 0.25) is 0 Å². The van der Waals surface area contributed by atoms with Crippen molar-refractivity contribution in [2.75, 3.05) is 0 Å². The van der Waals surface area contributed by atoms with Crippen molar-refractivity contribution in [3.63, 3.8) is 0 Å². The van der Waals surface area contributed by atoms with E-state index >= 15 is 0 Å². The summed E-state index contributed by atoms with van der Waals surface area (Å²) in [6, 6.07) is 15.1. The first-order chi connectivity index (χ1) is 13.2. The van der Waals surface area contributed by atoms with Crippen molar-refractivity contribution in [2.45, 2.75) is 45.2 Å². The van der Waals surface area contributed by atoms with Crippen LogP contribution in [0.1, 0.15) is 38.7 Å². The minimum atomic E-state index is 0.469. The predicted octanol–water partition coefficient (Wildman–Crippen LogP) is 4.53. The summed E-state index contributed by atoms with van der Waals surface area (Å²) in [4.78, 5) is 4.25. The molecule has 0 aliphatic carbocycles. The molecular weight excluding hydrogens is 334 g/mol. The third-order valence-corrected chi connectivity index (χ3v) is 5.18. The second-order valence-electron chi connectivity index (χ2n) is 7.21. The van der Waals surface area contributed by atoms with Crippen LogP contribution in [0, 0.1) is 0 Å². The average Bonchev–Trinajstić information content (AvgIpc) is 3.13. The molecule has 3 aromatic rings. The smallest absolute Gasteiger partial charge is 0.103 e. The number of nitrogens with zero attached hydrogens (tertiary/aromatic N) is 5. The monoisotopic (exact) mass is 359 g/mol. The van der Waals surface area contributed by atoms with E-state index in [0.29, 0.717) is 12.1 Å². The van der Waals surface area contributed by atoms with Gasteiger partial charge in [0.15, 0.2) is 0 Å². The van der Waals surface area contributed by atoms with Crippen LogP contribution in [0.3, 0.4) is 0 Å². The van der Waals surface area contributed by atoms with E-state index in [1.807, 2.05) is 53.6 Å². The Labute approximate surface area is 160 Å². The third-order valence-electron chi connectivity index (χ3n) is 5.18. The minimum Gasteiger partial charge on any atom is -0.292 e. The Morgan fingerprint density at radius 3 is 2.52 bits per heavy atom. The maximum atomic E-state index is 4.84. The average molecular weight is 359 g/mol. The van der Waals surface area contributed by atoms with Gasteiger partial charge in [-0.15, -0.1) is 0 Å². The molecule has 1 aliphatic rings. The lowest BCUT2D eigenvalue weighted by molar-refractivity contribution is 0.109. The molecule has 0 unspecified atom stereocenters. The van der Waals surface area contributed by atoms with Gasteiger partial charge in [-0.2, -0.15) is 10.2 Å². The van der Waals surface area contributed by atoms with Gasteiger partial charge in [0.2, 0.25) is 0 Å². The van der Waals surface area contributed by atoms with Crippen molar-refractivity contribution >= 4 is 6.21 Å². The number of hydrazone groups is 1. The van der Waals surface area contributed by atoms with Crippen molar-refractivity contribution in [1.29, 1.82) is 0 Å². The van der Waals surface area contributed by atoms with E-state index in [0.717, 1.165) is 22.5 Å². The molecule has 27 heavy (non-hydrogen) atoms. The molecule has 0 radical (unpaired) electrons. The van der Waals surface area contributed by atoms with Crippen LogP contribution in [0.25, 0.3) is 16.9 Å². The molecule has 3 heterocycles. The van der Waals surface area contributed by atoms with Gasteiger partial charge in [0.1, 0.15) is 5.69 Å². The minimum absolute atomic E-state index is 0.469. The van der Waals surface area contributed by atoms with E-state index in [1.54, 1.807) is 6.20 Å². The summed E-state index contributed by atoms with van der Waals surface area (Å²) in [6.45, 7) is 4.50. The van der Waals surface area contributed by atoms with Crippen LogP contribution in [0.4, 0.5) is 0 Å². The second kappa shape index (κ2) is 7.74. The Morgan fingerprint density at radius 2 is 1.81 bits per heavy atom. The van der Waals surface area contributed by atoms with Gasteiger partial charge in [0.05, 0.1) is 11.9 Å². The van der Waals surface area contributed by atoms with Crippen molar-refractivity contribution in [3.05, 3.63) is 66.6 Å². The highest BCUT2D eigenvalue weighted by Gasteiger charge is 2.23. The number of aromatic nitrogens is 3. The van der Waals surface area contributed by atoms with Gasteiger partial charge in [-0.3, -0.25) is 9.99 Å². The van der Waals surface area contributed by atoms with Gasteiger partial charge in [-0.05, 0) is 57.4 Å². The van der Waals surface area contributed by atoms with Crippen molar-refractivity contribution in [2.24, 2.45) is 5.10 Å². The van der Waals surface area contributed by atoms with E-state index in [9.17, 15) is 0 Å². The van der Waals surface area contributed by atoms with E-state index in [4.69, 9.17) is 10.2 Å². The SMILES string of the molecule is C[C@@H]1CCC[C@H](C)N1/N=C\c1cn(-c2ccccc2)nc1-c1cccnc1. The topological polar surface area (TPSA) is 46.3 Å². The molecule has 4 rings (SSSR count). The summed E-state index contributed by atoms with van der Waals surface area (Å²) in [6.07, 6.45) is 11.3. The molecule has 0 amide bonds. The van der Waals surface area contributed by atoms with E-state index in [-0.39, 0.29) is 0 Å². The highest BCUT2D eigenvalue weighted by Crippen LogP contribution is 2.25. The Morgan fingerprint density at radius 1 is 1.04 bits per heavy atom. The van der Waals surface area contributed by atoms with Gasteiger partial charge in [0.25, 0.3) is 0 Å². The van der Waals surface area contributed by atoms with Crippen molar-refractivity contribution < 1.29 is 0 Å². The van der Waals surface area contributed by atoms with Gasteiger partial charge in [0, 0.05) is 41.8 Å². The Bertz CT molecular complexity index is 891. The van der Waals surface area contributed by atoms with E-state index < -0.39 is 0 Å². The Balaban J connectivity index is 1.72. The quantitative estimate of drug-likeness (QED) is 0.643. The summed E-state index contributed by atoms with van der Waals surface area (Å²) >= 11 is 0. The van der Waals surface area contributed by atoms with Crippen molar-refractivity contribution in [3.8, 4) is 16.9 Å². The fraction of sp³-hybridized carbons (Fsp3) is 0.318. The van der Waals surface area contributed by atoms with Gasteiger partial charge in [-0.1, -0.05) is 18.2 Å². The zero-order valence-electron chi connectivity index (χ0n) is 15.9. The molecule has 0 N–H and O–H groups in total. The number of hydrogen-bond acceptors (Lipinski definition) is 4. The molecule has 1 aliphatic heterocycles. The molecule has 0 saturated carbocycles. The molecule has 1 saturated heterocycles. The Hall–Kier alpha value is -2.95. The largest absolute Gasteiger partial charge is 0.292 e. The number of para-hydroxylation sites is 1. The van der Waals surface area contributed by atoms with Gasteiger partial charge >= 0.3 is 0 Å². The lowest BCUT2D eigenvalue weighted by atomic mass is 10.00. The molecule has 2 aromatic heterocycles. The molecule has 0 bridgehead atoms. The van der Waals surface area contributed by atoms with Crippen LogP contribution >= 0.6 is 0 Å².